The fourth-order valence-corrected chi connectivity index (χ4v) is 3.63. The first-order valence-corrected chi connectivity index (χ1v) is 10.7. The Kier molecular flexibility index (Phi) is 6.40. The molecule has 0 unspecified atom stereocenters. The van der Waals surface area contributed by atoms with Crippen LogP contribution in [0.1, 0.15) is 21.7 Å². The van der Waals surface area contributed by atoms with Gasteiger partial charge in [0.15, 0.2) is 0 Å². The summed E-state index contributed by atoms with van der Waals surface area (Å²) in [6, 6.07) is 5.51. The van der Waals surface area contributed by atoms with Crippen molar-refractivity contribution in [3.63, 3.8) is 0 Å². The third kappa shape index (κ3) is 5.46. The molecule has 1 fully saturated rings. The predicted molar refractivity (Wildman–Crippen MR) is 103 cm³/mol. The van der Waals surface area contributed by atoms with Crippen molar-refractivity contribution < 1.29 is 27.4 Å². The maximum absolute atomic E-state index is 13.1. The molecule has 1 N–H and O–H groups in total. The molecule has 1 aliphatic rings. The third-order valence-corrected chi connectivity index (χ3v) is 5.61. The summed E-state index contributed by atoms with van der Waals surface area (Å²) in [5.74, 6) is -1.17. The lowest BCUT2D eigenvalue weighted by Crippen LogP contribution is -2.38. The maximum atomic E-state index is 13.1. The van der Waals surface area contributed by atoms with E-state index >= 15 is 0 Å². The van der Waals surface area contributed by atoms with E-state index in [0.29, 0.717) is 31.9 Å². The summed E-state index contributed by atoms with van der Waals surface area (Å²) in [7, 11) is -3.63. The van der Waals surface area contributed by atoms with E-state index in [4.69, 9.17) is 4.74 Å². The first kappa shape index (κ1) is 21.1. The Morgan fingerprint density at radius 2 is 1.90 bits per heavy atom. The SMILES string of the molecule is CS(=O)(=O)N(Cc1ccc(F)cc1)Cc1ncc(C(=O)O)c(N2CCOCC2)n1. The Morgan fingerprint density at radius 1 is 1.24 bits per heavy atom. The summed E-state index contributed by atoms with van der Waals surface area (Å²) in [6.45, 7) is 1.70. The van der Waals surface area contributed by atoms with E-state index in [1.165, 1.54) is 30.5 Å². The zero-order chi connectivity index (χ0) is 21.0. The van der Waals surface area contributed by atoms with Gasteiger partial charge in [0.05, 0.1) is 26.0 Å². The average molecular weight is 424 g/mol. The van der Waals surface area contributed by atoms with Crippen molar-refractivity contribution in [3.8, 4) is 0 Å². The molecule has 156 valence electrons. The van der Waals surface area contributed by atoms with Gasteiger partial charge < -0.3 is 14.7 Å². The van der Waals surface area contributed by atoms with Crippen LogP contribution in [0.2, 0.25) is 0 Å². The summed E-state index contributed by atoms with van der Waals surface area (Å²) in [6.07, 6.45) is 2.25. The number of nitrogens with zero attached hydrogens (tertiary/aromatic N) is 4. The first-order valence-electron chi connectivity index (χ1n) is 8.85. The number of rotatable bonds is 7. The van der Waals surface area contributed by atoms with Gasteiger partial charge in [-0.3, -0.25) is 0 Å². The number of anilines is 1. The Balaban J connectivity index is 1.88. The molecule has 1 aromatic heterocycles. The van der Waals surface area contributed by atoms with Crippen LogP contribution in [0.25, 0.3) is 0 Å². The van der Waals surface area contributed by atoms with E-state index in [0.717, 1.165) is 10.6 Å². The van der Waals surface area contributed by atoms with E-state index in [2.05, 4.69) is 9.97 Å². The lowest BCUT2D eigenvalue weighted by atomic mass is 10.2. The fourth-order valence-electron chi connectivity index (χ4n) is 2.89. The molecule has 0 radical (unpaired) electrons. The van der Waals surface area contributed by atoms with Gasteiger partial charge in [-0.15, -0.1) is 0 Å². The summed E-state index contributed by atoms with van der Waals surface area (Å²) in [5.41, 5.74) is 0.549. The number of hydrogen-bond donors (Lipinski definition) is 1. The van der Waals surface area contributed by atoms with Crippen LogP contribution in [0.15, 0.2) is 30.5 Å². The molecule has 0 spiro atoms. The molecule has 1 aliphatic heterocycles. The summed E-state index contributed by atoms with van der Waals surface area (Å²) in [5, 5.41) is 9.44. The van der Waals surface area contributed by atoms with Gasteiger partial charge in [0, 0.05) is 25.8 Å². The van der Waals surface area contributed by atoms with Gasteiger partial charge >= 0.3 is 5.97 Å². The number of ether oxygens (including phenoxy) is 1. The Bertz CT molecular complexity index is 978. The van der Waals surface area contributed by atoms with E-state index < -0.39 is 21.8 Å². The highest BCUT2D eigenvalue weighted by atomic mass is 32.2. The number of carbonyl (C=O) groups is 1. The van der Waals surface area contributed by atoms with Crippen molar-refractivity contribution in [1.82, 2.24) is 14.3 Å². The molecule has 2 heterocycles. The lowest BCUT2D eigenvalue weighted by Gasteiger charge is -2.29. The number of benzene rings is 1. The van der Waals surface area contributed by atoms with Gasteiger partial charge in [0.25, 0.3) is 0 Å². The Hall–Kier alpha value is -2.63. The average Bonchev–Trinajstić information content (AvgIpc) is 2.69. The summed E-state index contributed by atoms with van der Waals surface area (Å²) in [4.78, 5) is 21.7. The van der Waals surface area contributed by atoms with Gasteiger partial charge in [-0.05, 0) is 17.7 Å². The second kappa shape index (κ2) is 8.80. The molecule has 9 nitrogen and oxygen atoms in total. The normalized spacial score (nSPS) is 14.9. The smallest absolute Gasteiger partial charge is 0.341 e. The van der Waals surface area contributed by atoms with Crippen molar-refractivity contribution in [1.29, 1.82) is 0 Å². The fraction of sp³-hybridized carbons (Fsp3) is 0.389. The first-order chi connectivity index (χ1) is 13.7. The maximum Gasteiger partial charge on any atom is 0.341 e. The van der Waals surface area contributed by atoms with Crippen LogP contribution in [0.4, 0.5) is 10.2 Å². The molecule has 0 atom stereocenters. The molecule has 1 aromatic carbocycles. The van der Waals surface area contributed by atoms with E-state index in [1.807, 2.05) is 0 Å². The van der Waals surface area contributed by atoms with Gasteiger partial charge in [-0.25, -0.2) is 27.6 Å². The molecule has 1 saturated heterocycles. The minimum atomic E-state index is -3.63. The largest absolute Gasteiger partial charge is 0.477 e. The van der Waals surface area contributed by atoms with Gasteiger partial charge in [0.1, 0.15) is 23.0 Å². The van der Waals surface area contributed by atoms with Crippen LogP contribution in [0.3, 0.4) is 0 Å². The molecule has 29 heavy (non-hydrogen) atoms. The minimum Gasteiger partial charge on any atom is -0.477 e. The Labute approximate surface area is 167 Å². The van der Waals surface area contributed by atoms with Crippen LogP contribution in [0.5, 0.6) is 0 Å². The number of aromatic nitrogens is 2. The molecule has 0 saturated carbocycles. The number of carboxylic acid groups (broad SMARTS) is 1. The highest BCUT2D eigenvalue weighted by Gasteiger charge is 2.24. The molecular weight excluding hydrogens is 403 g/mol. The van der Waals surface area contributed by atoms with Crippen molar-refractivity contribution in [2.45, 2.75) is 13.1 Å². The van der Waals surface area contributed by atoms with Crippen molar-refractivity contribution in [2.75, 3.05) is 37.5 Å². The minimum absolute atomic E-state index is 0.00996. The number of carboxylic acids is 1. The van der Waals surface area contributed by atoms with E-state index in [1.54, 1.807) is 4.90 Å². The van der Waals surface area contributed by atoms with Gasteiger partial charge in [0.2, 0.25) is 10.0 Å². The van der Waals surface area contributed by atoms with Gasteiger partial charge in [-0.1, -0.05) is 12.1 Å². The molecule has 0 aliphatic carbocycles. The molecule has 11 heteroatoms. The van der Waals surface area contributed by atoms with Crippen LogP contribution in [0, 0.1) is 5.82 Å². The molecule has 0 bridgehead atoms. The van der Waals surface area contributed by atoms with Crippen molar-refractivity contribution in [3.05, 3.63) is 53.2 Å². The molecule has 3 rings (SSSR count). The van der Waals surface area contributed by atoms with Crippen molar-refractivity contribution >= 4 is 21.8 Å². The topological polar surface area (TPSA) is 113 Å². The zero-order valence-electron chi connectivity index (χ0n) is 15.8. The standard InChI is InChI=1S/C18H21FN4O5S/c1-29(26,27)23(11-13-2-4-14(19)5-3-13)12-16-20-10-15(18(24)25)17(21-16)22-6-8-28-9-7-22/h2-5,10H,6-9,11-12H2,1H3,(H,24,25). The monoisotopic (exact) mass is 424 g/mol. The van der Waals surface area contributed by atoms with Crippen LogP contribution in [-0.4, -0.2) is 66.3 Å². The number of aromatic carboxylic acids is 1. The number of sulfonamides is 1. The Morgan fingerprint density at radius 3 is 2.48 bits per heavy atom. The van der Waals surface area contributed by atoms with Crippen LogP contribution >= 0.6 is 0 Å². The van der Waals surface area contributed by atoms with Crippen molar-refractivity contribution in [2.24, 2.45) is 0 Å². The summed E-state index contributed by atoms with van der Waals surface area (Å²) < 4.78 is 44.0. The second-order valence-electron chi connectivity index (χ2n) is 6.59. The van der Waals surface area contributed by atoms with Gasteiger partial charge in [-0.2, -0.15) is 4.31 Å². The quantitative estimate of drug-likeness (QED) is 0.703. The summed E-state index contributed by atoms with van der Waals surface area (Å²) >= 11 is 0. The third-order valence-electron chi connectivity index (χ3n) is 4.42. The van der Waals surface area contributed by atoms with Crippen LogP contribution in [-0.2, 0) is 27.8 Å². The number of halogens is 1. The second-order valence-corrected chi connectivity index (χ2v) is 8.57. The van der Waals surface area contributed by atoms with E-state index in [9.17, 15) is 22.7 Å². The van der Waals surface area contributed by atoms with E-state index in [-0.39, 0.29) is 30.3 Å². The number of morpholine rings is 1. The highest BCUT2D eigenvalue weighted by molar-refractivity contribution is 7.88. The van der Waals surface area contributed by atoms with Crippen LogP contribution < -0.4 is 4.90 Å². The molecule has 0 amide bonds. The zero-order valence-corrected chi connectivity index (χ0v) is 16.6. The predicted octanol–water partition coefficient (Wildman–Crippen LogP) is 1.11. The molecular formula is C18H21FN4O5S. The molecule has 2 aromatic rings. The number of hydrogen-bond acceptors (Lipinski definition) is 7. The lowest BCUT2D eigenvalue weighted by molar-refractivity contribution is 0.0695. The highest BCUT2D eigenvalue weighted by Crippen LogP contribution is 2.20.